The first-order valence-corrected chi connectivity index (χ1v) is 7.54. The van der Waals surface area contributed by atoms with Crippen LogP contribution in [0.5, 0.6) is 0 Å². The first-order valence-electron chi connectivity index (χ1n) is 5.84. The van der Waals surface area contributed by atoms with Gasteiger partial charge in [-0.2, -0.15) is 0 Å². The van der Waals surface area contributed by atoms with Crippen LogP contribution >= 0.6 is 34.5 Å². The average Bonchev–Trinajstić information content (AvgIpc) is 2.87. The van der Waals surface area contributed by atoms with Gasteiger partial charge in [-0.1, -0.05) is 23.2 Å². The van der Waals surface area contributed by atoms with Crippen molar-refractivity contribution in [2.45, 2.75) is 12.6 Å². The van der Waals surface area contributed by atoms with Gasteiger partial charge in [-0.05, 0) is 30.8 Å². The number of nitrogens with zero attached hydrogens (tertiary/aromatic N) is 2. The van der Waals surface area contributed by atoms with E-state index in [0.29, 0.717) is 16.6 Å². The van der Waals surface area contributed by atoms with Gasteiger partial charge >= 0.3 is 0 Å². The molecule has 0 radical (unpaired) electrons. The minimum atomic E-state index is 0.0212. The number of benzene rings is 1. The van der Waals surface area contributed by atoms with Crippen LogP contribution in [0.3, 0.4) is 0 Å². The lowest BCUT2D eigenvalue weighted by molar-refractivity contribution is 0.239. The molecule has 0 spiro atoms. The lowest BCUT2D eigenvalue weighted by Gasteiger charge is -2.27. The van der Waals surface area contributed by atoms with Gasteiger partial charge in [-0.3, -0.25) is 4.90 Å². The molecule has 1 aromatic carbocycles. The molecule has 0 aliphatic rings. The normalized spacial score (nSPS) is 12.9. The van der Waals surface area contributed by atoms with Crippen molar-refractivity contribution in [3.05, 3.63) is 50.4 Å². The molecule has 2 rings (SSSR count). The molecule has 3 nitrogen and oxygen atoms in total. The number of likely N-dealkylation sites (N-methyl/N-ethyl adjacent to an activating group) is 1. The monoisotopic (exact) mass is 315 g/mol. The lowest BCUT2D eigenvalue weighted by atomic mass is 10.1. The van der Waals surface area contributed by atoms with Crippen molar-refractivity contribution in [1.82, 2.24) is 9.88 Å². The van der Waals surface area contributed by atoms with E-state index in [1.165, 1.54) is 0 Å². The van der Waals surface area contributed by atoms with E-state index in [9.17, 15) is 0 Å². The predicted octanol–water partition coefficient (Wildman–Crippen LogP) is 3.58. The molecule has 0 bridgehead atoms. The number of nitrogens with two attached hydrogens (primary N) is 1. The third kappa shape index (κ3) is 3.68. The highest BCUT2D eigenvalue weighted by molar-refractivity contribution is 7.07. The molecule has 6 heteroatoms. The molecule has 0 amide bonds. The topological polar surface area (TPSA) is 42.2 Å². The SMILES string of the molecule is CN(Cc1cscn1)C(CN)c1cc(Cl)ccc1Cl. The number of aromatic nitrogens is 1. The Morgan fingerprint density at radius 1 is 1.42 bits per heavy atom. The molecule has 1 heterocycles. The highest BCUT2D eigenvalue weighted by atomic mass is 35.5. The van der Waals surface area contributed by atoms with Gasteiger partial charge in [0.25, 0.3) is 0 Å². The summed E-state index contributed by atoms with van der Waals surface area (Å²) in [4.78, 5) is 6.42. The summed E-state index contributed by atoms with van der Waals surface area (Å²) in [7, 11) is 2.01. The molecular weight excluding hydrogens is 301 g/mol. The predicted molar refractivity (Wildman–Crippen MR) is 81.8 cm³/mol. The van der Waals surface area contributed by atoms with E-state index < -0.39 is 0 Å². The van der Waals surface area contributed by atoms with E-state index in [4.69, 9.17) is 28.9 Å². The van der Waals surface area contributed by atoms with Crippen LogP contribution in [0.1, 0.15) is 17.3 Å². The van der Waals surface area contributed by atoms with Crippen molar-refractivity contribution in [2.75, 3.05) is 13.6 Å². The Labute approximate surface area is 127 Å². The van der Waals surface area contributed by atoms with Crippen LogP contribution in [0.25, 0.3) is 0 Å². The first-order chi connectivity index (χ1) is 9.11. The van der Waals surface area contributed by atoms with Crippen LogP contribution < -0.4 is 5.73 Å². The summed E-state index contributed by atoms with van der Waals surface area (Å²) in [5.74, 6) is 0. The third-order valence-corrected chi connectivity index (χ3v) is 4.18. The molecule has 2 aromatic rings. The number of thiazole rings is 1. The highest BCUT2D eigenvalue weighted by Gasteiger charge is 2.19. The van der Waals surface area contributed by atoms with Gasteiger partial charge in [-0.25, -0.2) is 4.98 Å². The van der Waals surface area contributed by atoms with Crippen LogP contribution in [0.2, 0.25) is 10.0 Å². The number of hydrogen-bond acceptors (Lipinski definition) is 4. The van der Waals surface area contributed by atoms with Gasteiger partial charge < -0.3 is 5.73 Å². The Bertz CT molecular complexity index is 531. The van der Waals surface area contributed by atoms with E-state index in [1.54, 1.807) is 23.5 Å². The molecule has 102 valence electrons. The number of hydrogen-bond donors (Lipinski definition) is 1. The Morgan fingerprint density at radius 2 is 2.21 bits per heavy atom. The van der Waals surface area contributed by atoms with E-state index in [2.05, 4.69) is 9.88 Å². The van der Waals surface area contributed by atoms with Crippen molar-refractivity contribution in [1.29, 1.82) is 0 Å². The molecule has 1 unspecified atom stereocenters. The summed E-state index contributed by atoms with van der Waals surface area (Å²) in [6.07, 6.45) is 0. The minimum Gasteiger partial charge on any atom is -0.329 e. The van der Waals surface area contributed by atoms with E-state index in [-0.39, 0.29) is 6.04 Å². The van der Waals surface area contributed by atoms with Crippen molar-refractivity contribution < 1.29 is 0 Å². The molecule has 19 heavy (non-hydrogen) atoms. The fourth-order valence-corrected chi connectivity index (χ4v) is 2.97. The summed E-state index contributed by atoms with van der Waals surface area (Å²) in [6.45, 7) is 1.20. The van der Waals surface area contributed by atoms with Gasteiger partial charge in [0.1, 0.15) is 0 Å². The second-order valence-corrected chi connectivity index (χ2v) is 5.87. The second kappa shape index (κ2) is 6.68. The molecular formula is C13H15Cl2N3S. The van der Waals surface area contributed by atoms with E-state index >= 15 is 0 Å². The van der Waals surface area contributed by atoms with Gasteiger partial charge in [0.2, 0.25) is 0 Å². The Balaban J connectivity index is 2.21. The number of rotatable bonds is 5. The summed E-state index contributed by atoms with van der Waals surface area (Å²) >= 11 is 13.9. The maximum atomic E-state index is 6.24. The Hall–Kier alpha value is -0.650. The van der Waals surface area contributed by atoms with Crippen molar-refractivity contribution >= 4 is 34.5 Å². The molecule has 0 saturated carbocycles. The molecule has 0 fully saturated rings. The zero-order valence-electron chi connectivity index (χ0n) is 10.5. The maximum absolute atomic E-state index is 6.24. The molecule has 1 aromatic heterocycles. The zero-order chi connectivity index (χ0) is 13.8. The average molecular weight is 316 g/mol. The molecule has 1 atom stereocenters. The molecule has 0 aliphatic heterocycles. The van der Waals surface area contributed by atoms with Gasteiger partial charge in [0.05, 0.1) is 11.2 Å². The first kappa shape index (κ1) is 14.8. The summed E-state index contributed by atoms with van der Waals surface area (Å²) < 4.78 is 0. The number of halogens is 2. The van der Waals surface area contributed by atoms with Gasteiger partial charge in [0, 0.05) is 34.6 Å². The summed E-state index contributed by atoms with van der Waals surface area (Å²) in [5.41, 5.74) is 9.70. The summed E-state index contributed by atoms with van der Waals surface area (Å²) in [5, 5.41) is 3.38. The smallest absolute Gasteiger partial charge is 0.0795 e. The fraction of sp³-hybridized carbons (Fsp3) is 0.308. The fourth-order valence-electron chi connectivity index (χ4n) is 2.00. The van der Waals surface area contributed by atoms with Crippen LogP contribution in [-0.4, -0.2) is 23.5 Å². The standard InChI is InChI=1S/C13H15Cl2N3S/c1-18(6-10-7-19-8-17-10)13(5-16)11-4-9(14)2-3-12(11)15/h2-4,7-8,13H,5-6,16H2,1H3. The largest absolute Gasteiger partial charge is 0.329 e. The van der Waals surface area contributed by atoms with E-state index in [1.807, 2.05) is 24.0 Å². The van der Waals surface area contributed by atoms with Crippen LogP contribution in [-0.2, 0) is 6.54 Å². The van der Waals surface area contributed by atoms with Gasteiger partial charge in [-0.15, -0.1) is 11.3 Å². The lowest BCUT2D eigenvalue weighted by Crippen LogP contribution is -2.30. The third-order valence-electron chi connectivity index (χ3n) is 2.97. The highest BCUT2D eigenvalue weighted by Crippen LogP contribution is 2.29. The zero-order valence-corrected chi connectivity index (χ0v) is 12.8. The molecule has 0 aliphatic carbocycles. The van der Waals surface area contributed by atoms with E-state index in [0.717, 1.165) is 17.8 Å². The maximum Gasteiger partial charge on any atom is 0.0795 e. The van der Waals surface area contributed by atoms with Crippen molar-refractivity contribution in [3.63, 3.8) is 0 Å². The van der Waals surface area contributed by atoms with Crippen molar-refractivity contribution in [3.8, 4) is 0 Å². The molecule has 2 N–H and O–H groups in total. The quantitative estimate of drug-likeness (QED) is 0.917. The Morgan fingerprint density at radius 3 is 2.84 bits per heavy atom. The van der Waals surface area contributed by atoms with Gasteiger partial charge in [0.15, 0.2) is 0 Å². The van der Waals surface area contributed by atoms with Crippen molar-refractivity contribution in [2.24, 2.45) is 5.73 Å². The summed E-state index contributed by atoms with van der Waals surface area (Å²) in [6, 6.07) is 5.48. The van der Waals surface area contributed by atoms with Crippen LogP contribution in [0, 0.1) is 0 Å². The van der Waals surface area contributed by atoms with Crippen LogP contribution in [0.4, 0.5) is 0 Å². The molecule has 0 saturated heterocycles. The Kier molecular flexibility index (Phi) is 5.19. The minimum absolute atomic E-state index is 0.0212. The van der Waals surface area contributed by atoms with Crippen LogP contribution in [0.15, 0.2) is 29.1 Å². The second-order valence-electron chi connectivity index (χ2n) is 4.31.